The van der Waals surface area contributed by atoms with Crippen molar-refractivity contribution in [2.45, 2.75) is 72.6 Å². The van der Waals surface area contributed by atoms with Crippen LogP contribution in [0.25, 0.3) is 0 Å². The number of hydrogen-bond donors (Lipinski definition) is 0. The largest absolute Gasteiger partial charge is 0.381 e. The first-order valence-corrected chi connectivity index (χ1v) is 7.20. The van der Waals surface area contributed by atoms with Crippen molar-refractivity contribution in [2.75, 3.05) is 13.2 Å². The molecule has 1 heteroatoms. The third kappa shape index (κ3) is 14.0. The average molecular weight is 228 g/mol. The van der Waals surface area contributed by atoms with Crippen molar-refractivity contribution in [3.05, 3.63) is 0 Å². The van der Waals surface area contributed by atoms with Crippen LogP contribution in [0.3, 0.4) is 0 Å². The molecule has 16 heavy (non-hydrogen) atoms. The van der Waals surface area contributed by atoms with Gasteiger partial charge in [0, 0.05) is 13.2 Å². The third-order valence-corrected chi connectivity index (χ3v) is 2.89. The number of ether oxygens (including phenoxy) is 1. The Labute approximate surface area is 103 Å². The maximum atomic E-state index is 5.61. The highest BCUT2D eigenvalue weighted by molar-refractivity contribution is 4.48. The fraction of sp³-hybridized carbons (Fsp3) is 1.00. The first kappa shape index (κ1) is 16.0. The van der Waals surface area contributed by atoms with Gasteiger partial charge in [-0.1, -0.05) is 53.4 Å². The van der Waals surface area contributed by atoms with E-state index in [0.29, 0.717) is 0 Å². The predicted molar refractivity (Wildman–Crippen MR) is 72.8 cm³/mol. The Kier molecular flexibility index (Phi) is 11.4. The first-order valence-electron chi connectivity index (χ1n) is 7.20. The Bertz CT molecular complexity index is 113. The molecule has 0 aromatic carbocycles. The van der Waals surface area contributed by atoms with E-state index in [9.17, 15) is 0 Å². The monoisotopic (exact) mass is 228 g/mol. The second-order valence-corrected chi connectivity index (χ2v) is 5.75. The van der Waals surface area contributed by atoms with E-state index in [1.54, 1.807) is 0 Å². The van der Waals surface area contributed by atoms with Gasteiger partial charge in [-0.15, -0.1) is 0 Å². The van der Waals surface area contributed by atoms with Gasteiger partial charge in [0.1, 0.15) is 0 Å². The van der Waals surface area contributed by atoms with E-state index in [2.05, 4.69) is 27.7 Å². The second-order valence-electron chi connectivity index (χ2n) is 5.75. The zero-order chi connectivity index (χ0) is 12.2. The summed E-state index contributed by atoms with van der Waals surface area (Å²) in [6, 6.07) is 0. The summed E-state index contributed by atoms with van der Waals surface area (Å²) in [6.45, 7) is 11.1. The van der Waals surface area contributed by atoms with Crippen molar-refractivity contribution in [2.24, 2.45) is 11.8 Å². The lowest BCUT2D eigenvalue weighted by atomic mass is 10.0. The molecule has 98 valence electrons. The number of unbranched alkanes of at least 4 members (excludes halogenated alkanes) is 3. The van der Waals surface area contributed by atoms with E-state index in [1.807, 2.05) is 0 Å². The van der Waals surface area contributed by atoms with Crippen LogP contribution < -0.4 is 0 Å². The molecule has 0 aliphatic heterocycles. The molecule has 1 nitrogen and oxygen atoms in total. The van der Waals surface area contributed by atoms with Gasteiger partial charge in [-0.25, -0.2) is 0 Å². The summed E-state index contributed by atoms with van der Waals surface area (Å²) in [6.07, 6.45) is 9.28. The SMILES string of the molecule is CC(C)CCCCCCOCCCC(C)C. The summed E-state index contributed by atoms with van der Waals surface area (Å²) < 4.78 is 5.61. The Morgan fingerprint density at radius 2 is 1.12 bits per heavy atom. The van der Waals surface area contributed by atoms with Gasteiger partial charge in [0.05, 0.1) is 0 Å². The standard InChI is InChI=1S/C15H32O/c1-14(2)10-7-5-6-8-12-16-13-9-11-15(3)4/h14-15H,5-13H2,1-4H3. The molecule has 0 heterocycles. The van der Waals surface area contributed by atoms with Gasteiger partial charge >= 0.3 is 0 Å². The van der Waals surface area contributed by atoms with Gasteiger partial charge in [0.25, 0.3) is 0 Å². The fourth-order valence-electron chi connectivity index (χ4n) is 1.81. The lowest BCUT2D eigenvalue weighted by molar-refractivity contribution is 0.123. The van der Waals surface area contributed by atoms with Crippen LogP contribution in [0, 0.1) is 11.8 Å². The lowest BCUT2D eigenvalue weighted by Crippen LogP contribution is -1.99. The Morgan fingerprint density at radius 1 is 0.625 bits per heavy atom. The molecule has 0 aliphatic carbocycles. The highest BCUT2D eigenvalue weighted by Gasteiger charge is 1.96. The van der Waals surface area contributed by atoms with E-state index < -0.39 is 0 Å². The Morgan fingerprint density at radius 3 is 1.75 bits per heavy atom. The second kappa shape index (κ2) is 11.4. The predicted octanol–water partition coefficient (Wildman–Crippen LogP) is 5.05. The quantitative estimate of drug-likeness (QED) is 0.450. The van der Waals surface area contributed by atoms with E-state index in [4.69, 9.17) is 4.74 Å². The van der Waals surface area contributed by atoms with Crippen molar-refractivity contribution in [1.29, 1.82) is 0 Å². The normalized spacial score (nSPS) is 11.6. The van der Waals surface area contributed by atoms with E-state index >= 15 is 0 Å². The highest BCUT2D eigenvalue weighted by Crippen LogP contribution is 2.09. The van der Waals surface area contributed by atoms with Gasteiger partial charge < -0.3 is 4.74 Å². The zero-order valence-electron chi connectivity index (χ0n) is 11.9. The highest BCUT2D eigenvalue weighted by atomic mass is 16.5. The van der Waals surface area contributed by atoms with Crippen molar-refractivity contribution >= 4 is 0 Å². The minimum atomic E-state index is 0.819. The Balaban J connectivity index is 2.93. The van der Waals surface area contributed by atoms with Crippen LogP contribution in [-0.2, 0) is 4.74 Å². The maximum absolute atomic E-state index is 5.61. The molecule has 0 unspecified atom stereocenters. The van der Waals surface area contributed by atoms with E-state index in [0.717, 1.165) is 25.0 Å². The molecule has 0 aromatic rings. The minimum absolute atomic E-state index is 0.819. The molecule has 0 atom stereocenters. The van der Waals surface area contributed by atoms with Crippen molar-refractivity contribution in [3.8, 4) is 0 Å². The summed E-state index contributed by atoms with van der Waals surface area (Å²) in [4.78, 5) is 0. The summed E-state index contributed by atoms with van der Waals surface area (Å²) in [5, 5.41) is 0. The number of hydrogen-bond acceptors (Lipinski definition) is 1. The van der Waals surface area contributed by atoms with Gasteiger partial charge in [-0.3, -0.25) is 0 Å². The molecule has 0 rings (SSSR count). The van der Waals surface area contributed by atoms with Crippen LogP contribution >= 0.6 is 0 Å². The van der Waals surface area contributed by atoms with Crippen LogP contribution in [0.4, 0.5) is 0 Å². The molecule has 0 N–H and O–H groups in total. The average Bonchev–Trinajstić information content (AvgIpc) is 2.20. The molecule has 0 radical (unpaired) electrons. The van der Waals surface area contributed by atoms with Crippen molar-refractivity contribution < 1.29 is 4.74 Å². The van der Waals surface area contributed by atoms with Gasteiger partial charge in [-0.2, -0.15) is 0 Å². The molecular weight excluding hydrogens is 196 g/mol. The molecule has 0 spiro atoms. The third-order valence-electron chi connectivity index (χ3n) is 2.89. The van der Waals surface area contributed by atoms with Crippen LogP contribution in [0.1, 0.15) is 72.6 Å². The molecule has 0 saturated heterocycles. The van der Waals surface area contributed by atoms with Crippen molar-refractivity contribution in [3.63, 3.8) is 0 Å². The molecule has 0 aliphatic rings. The summed E-state index contributed by atoms with van der Waals surface area (Å²) >= 11 is 0. The van der Waals surface area contributed by atoms with Crippen LogP contribution in [0.15, 0.2) is 0 Å². The molecule has 0 amide bonds. The summed E-state index contributed by atoms with van der Waals surface area (Å²) in [5.74, 6) is 1.69. The molecule has 0 fully saturated rings. The summed E-state index contributed by atoms with van der Waals surface area (Å²) in [7, 11) is 0. The molecular formula is C15H32O. The topological polar surface area (TPSA) is 9.23 Å². The van der Waals surface area contributed by atoms with E-state index in [-0.39, 0.29) is 0 Å². The lowest BCUT2D eigenvalue weighted by Gasteiger charge is -2.06. The van der Waals surface area contributed by atoms with Gasteiger partial charge in [0.2, 0.25) is 0 Å². The molecule has 0 bridgehead atoms. The first-order chi connectivity index (χ1) is 7.63. The van der Waals surface area contributed by atoms with Crippen LogP contribution in [0.5, 0.6) is 0 Å². The maximum Gasteiger partial charge on any atom is 0.0466 e. The molecule has 0 aromatic heterocycles. The molecule has 0 saturated carbocycles. The van der Waals surface area contributed by atoms with Gasteiger partial charge in [-0.05, 0) is 31.1 Å². The van der Waals surface area contributed by atoms with Crippen molar-refractivity contribution in [1.82, 2.24) is 0 Å². The minimum Gasteiger partial charge on any atom is -0.381 e. The van der Waals surface area contributed by atoms with E-state index in [1.165, 1.54) is 44.9 Å². The van der Waals surface area contributed by atoms with Crippen LogP contribution in [0.2, 0.25) is 0 Å². The van der Waals surface area contributed by atoms with Gasteiger partial charge in [0.15, 0.2) is 0 Å². The van der Waals surface area contributed by atoms with Crippen LogP contribution in [-0.4, -0.2) is 13.2 Å². The smallest absolute Gasteiger partial charge is 0.0466 e. The fourth-order valence-corrected chi connectivity index (χ4v) is 1.81. The zero-order valence-corrected chi connectivity index (χ0v) is 11.9. The Hall–Kier alpha value is -0.0400. The number of rotatable bonds is 11. The summed E-state index contributed by atoms with van der Waals surface area (Å²) in [5.41, 5.74) is 0.